The lowest BCUT2D eigenvalue weighted by molar-refractivity contribution is -0.129. The van der Waals surface area contributed by atoms with Crippen LogP contribution in [0.3, 0.4) is 0 Å². The van der Waals surface area contributed by atoms with Crippen LogP contribution in [-0.4, -0.2) is 70.1 Å². The summed E-state index contributed by atoms with van der Waals surface area (Å²) in [6, 6.07) is 14.9. The Hall–Kier alpha value is -2.47. The summed E-state index contributed by atoms with van der Waals surface area (Å²) in [7, 11) is -3.54. The third-order valence-corrected chi connectivity index (χ3v) is 9.32. The number of carbonyl (C=O) groups is 1. The molecule has 0 saturated carbocycles. The molecule has 0 unspecified atom stereocenters. The molecule has 0 N–H and O–H groups in total. The predicted molar refractivity (Wildman–Crippen MR) is 126 cm³/mol. The van der Waals surface area contributed by atoms with Crippen molar-refractivity contribution in [3.63, 3.8) is 0 Å². The quantitative estimate of drug-likeness (QED) is 0.402. The van der Waals surface area contributed by atoms with E-state index in [0.717, 1.165) is 20.7 Å². The summed E-state index contributed by atoms with van der Waals surface area (Å²) in [5.74, 6) is 0.203. The Morgan fingerprint density at radius 3 is 2.50 bits per heavy atom. The lowest BCUT2D eigenvalue weighted by Gasteiger charge is -2.34. The van der Waals surface area contributed by atoms with Crippen molar-refractivity contribution in [3.8, 4) is 0 Å². The zero-order chi connectivity index (χ0) is 22.3. The highest BCUT2D eigenvalue weighted by molar-refractivity contribution is 7.99. The maximum atomic E-state index is 12.9. The summed E-state index contributed by atoms with van der Waals surface area (Å²) >= 11 is 2.92. The van der Waals surface area contributed by atoms with E-state index in [0.29, 0.717) is 18.2 Å². The van der Waals surface area contributed by atoms with Gasteiger partial charge in [0, 0.05) is 26.2 Å². The van der Waals surface area contributed by atoms with Crippen molar-refractivity contribution in [2.24, 2.45) is 0 Å². The average molecular weight is 488 g/mol. The predicted octanol–water partition coefficient (Wildman–Crippen LogP) is 2.88. The van der Waals surface area contributed by atoms with Gasteiger partial charge in [0.15, 0.2) is 5.16 Å². The van der Waals surface area contributed by atoms with Crippen LogP contribution in [-0.2, 0) is 14.8 Å². The highest BCUT2D eigenvalue weighted by atomic mass is 32.2. The Kier molecular flexibility index (Phi) is 5.66. The van der Waals surface area contributed by atoms with Gasteiger partial charge in [-0.15, -0.1) is 10.2 Å². The van der Waals surface area contributed by atoms with Gasteiger partial charge in [-0.1, -0.05) is 52.9 Å². The molecule has 32 heavy (non-hydrogen) atoms. The summed E-state index contributed by atoms with van der Waals surface area (Å²) < 4.78 is 30.3. The van der Waals surface area contributed by atoms with E-state index in [1.165, 1.54) is 16.1 Å². The van der Waals surface area contributed by atoms with E-state index in [4.69, 9.17) is 0 Å². The van der Waals surface area contributed by atoms with Gasteiger partial charge >= 0.3 is 0 Å². The minimum absolute atomic E-state index is 0.0290. The van der Waals surface area contributed by atoms with Crippen molar-refractivity contribution in [2.75, 3.05) is 31.9 Å². The van der Waals surface area contributed by atoms with Crippen LogP contribution in [0.15, 0.2) is 58.6 Å². The number of hydrogen-bond acceptors (Lipinski definition) is 7. The van der Waals surface area contributed by atoms with Gasteiger partial charge in [-0.05, 0) is 31.2 Å². The lowest BCUT2D eigenvalue weighted by atomic mass is 10.2. The number of fused-ring (bicyclic) bond motifs is 3. The second-order valence-corrected chi connectivity index (χ2v) is 11.4. The molecule has 0 aliphatic carbocycles. The van der Waals surface area contributed by atoms with E-state index in [2.05, 4.69) is 10.2 Å². The zero-order valence-corrected chi connectivity index (χ0v) is 19.8. The maximum Gasteiger partial charge on any atom is 0.243 e. The second kappa shape index (κ2) is 8.47. The van der Waals surface area contributed by atoms with Crippen molar-refractivity contribution < 1.29 is 13.2 Å². The number of thioether (sulfide) groups is 1. The van der Waals surface area contributed by atoms with Gasteiger partial charge in [0.25, 0.3) is 0 Å². The van der Waals surface area contributed by atoms with Gasteiger partial charge in [-0.2, -0.15) is 4.31 Å². The van der Waals surface area contributed by atoms with Crippen LogP contribution >= 0.6 is 23.1 Å². The number of piperazine rings is 1. The Balaban J connectivity index is 1.22. The van der Waals surface area contributed by atoms with E-state index in [9.17, 15) is 13.2 Å². The zero-order valence-electron chi connectivity index (χ0n) is 17.3. The van der Waals surface area contributed by atoms with E-state index >= 15 is 0 Å². The molecule has 0 bridgehead atoms. The molecule has 1 amide bonds. The highest BCUT2D eigenvalue weighted by Crippen LogP contribution is 2.29. The van der Waals surface area contributed by atoms with Crippen molar-refractivity contribution >= 4 is 54.2 Å². The Bertz CT molecular complexity index is 1390. The topological polar surface area (TPSA) is 87.9 Å². The van der Waals surface area contributed by atoms with Crippen LogP contribution in [0.25, 0.3) is 15.2 Å². The average Bonchev–Trinajstić information content (AvgIpc) is 3.37. The van der Waals surface area contributed by atoms with Crippen LogP contribution in [0.2, 0.25) is 0 Å². The lowest BCUT2D eigenvalue weighted by Crippen LogP contribution is -2.50. The number of aryl methyl sites for hydroxylation is 1. The number of benzene rings is 2. The fraction of sp³-hybridized carbons (Fsp3) is 0.286. The molecule has 11 heteroatoms. The van der Waals surface area contributed by atoms with Gasteiger partial charge in [-0.25, -0.2) is 8.42 Å². The number of nitrogens with zero attached hydrogens (tertiary/aromatic N) is 5. The van der Waals surface area contributed by atoms with Crippen molar-refractivity contribution in [1.82, 2.24) is 23.8 Å². The second-order valence-electron chi connectivity index (χ2n) is 7.56. The maximum absolute atomic E-state index is 12.9. The largest absolute Gasteiger partial charge is 0.339 e. The smallest absolute Gasteiger partial charge is 0.243 e. The SMILES string of the molecule is Cc1ccc(S(=O)(=O)N2CCN(C(=O)CSc3nnc4sc5ccccc5n34)CC2)cc1. The highest BCUT2D eigenvalue weighted by Gasteiger charge is 2.30. The van der Waals surface area contributed by atoms with Crippen LogP contribution in [0.5, 0.6) is 0 Å². The molecular formula is C21H21N5O3S3. The third-order valence-electron chi connectivity index (χ3n) is 5.49. The number of thiazole rings is 1. The standard InChI is InChI=1S/C21H21N5O3S3/c1-15-6-8-16(9-7-15)32(28,29)25-12-10-24(11-13-25)19(27)14-30-20-22-23-21-26(20)17-4-2-3-5-18(17)31-21/h2-9H,10-14H2,1H3. The summed E-state index contributed by atoms with van der Waals surface area (Å²) in [6.45, 7) is 3.25. The van der Waals surface area contributed by atoms with Crippen LogP contribution in [0, 0.1) is 6.92 Å². The number of rotatable bonds is 5. The van der Waals surface area contributed by atoms with Crippen molar-refractivity contribution in [3.05, 3.63) is 54.1 Å². The minimum Gasteiger partial charge on any atom is -0.339 e. The molecule has 5 rings (SSSR count). The summed E-state index contributed by atoms with van der Waals surface area (Å²) in [5.41, 5.74) is 2.04. The van der Waals surface area contributed by atoms with Gasteiger partial charge in [-0.3, -0.25) is 9.20 Å². The molecule has 0 atom stereocenters. The van der Waals surface area contributed by atoms with Gasteiger partial charge < -0.3 is 4.90 Å². The fourth-order valence-electron chi connectivity index (χ4n) is 3.70. The monoisotopic (exact) mass is 487 g/mol. The molecule has 1 fully saturated rings. The van der Waals surface area contributed by atoms with Crippen LogP contribution in [0.4, 0.5) is 0 Å². The minimum atomic E-state index is -3.54. The van der Waals surface area contributed by atoms with Crippen molar-refractivity contribution in [2.45, 2.75) is 17.0 Å². The number of amides is 1. The van der Waals surface area contributed by atoms with E-state index < -0.39 is 10.0 Å². The summed E-state index contributed by atoms with van der Waals surface area (Å²) in [4.78, 5) is 15.6. The molecule has 2 aromatic carbocycles. The molecule has 1 aliphatic heterocycles. The summed E-state index contributed by atoms with van der Waals surface area (Å²) in [5, 5.41) is 9.15. The first-order valence-electron chi connectivity index (χ1n) is 10.1. The molecule has 3 heterocycles. The molecule has 1 aliphatic rings. The first-order valence-corrected chi connectivity index (χ1v) is 13.4. The van der Waals surface area contributed by atoms with E-state index in [-0.39, 0.29) is 29.6 Å². The fourth-order valence-corrected chi connectivity index (χ4v) is 7.00. The molecule has 8 nitrogen and oxygen atoms in total. The van der Waals surface area contributed by atoms with Crippen molar-refractivity contribution in [1.29, 1.82) is 0 Å². The molecule has 0 radical (unpaired) electrons. The first kappa shape index (κ1) is 21.4. The number of hydrogen-bond donors (Lipinski definition) is 0. The first-order chi connectivity index (χ1) is 15.4. The molecule has 2 aromatic heterocycles. The van der Waals surface area contributed by atoms with E-state index in [1.54, 1.807) is 40.5 Å². The van der Waals surface area contributed by atoms with Gasteiger partial charge in [0.2, 0.25) is 20.9 Å². The number of carbonyl (C=O) groups excluding carboxylic acids is 1. The molecule has 0 spiro atoms. The normalized spacial score (nSPS) is 15.6. The number of sulfonamides is 1. The molecule has 4 aromatic rings. The Labute approximate surface area is 193 Å². The van der Waals surface area contributed by atoms with Gasteiger partial charge in [0.05, 0.1) is 20.9 Å². The Morgan fingerprint density at radius 2 is 1.75 bits per heavy atom. The van der Waals surface area contributed by atoms with E-state index in [1.807, 2.05) is 35.6 Å². The van der Waals surface area contributed by atoms with Crippen LogP contribution < -0.4 is 0 Å². The molecular weight excluding hydrogens is 466 g/mol. The third kappa shape index (κ3) is 3.90. The summed E-state index contributed by atoms with van der Waals surface area (Å²) in [6.07, 6.45) is 0. The van der Waals surface area contributed by atoms with Crippen LogP contribution in [0.1, 0.15) is 5.56 Å². The van der Waals surface area contributed by atoms with Gasteiger partial charge in [0.1, 0.15) is 0 Å². The number of aromatic nitrogens is 3. The molecule has 1 saturated heterocycles. The Morgan fingerprint density at radius 1 is 1.03 bits per heavy atom. The molecule has 166 valence electrons. The number of para-hydroxylation sites is 1.